The third-order valence-corrected chi connectivity index (χ3v) is 1.54. The van der Waals surface area contributed by atoms with E-state index in [1.807, 2.05) is 0 Å². The molecule has 0 aliphatic heterocycles. The van der Waals surface area contributed by atoms with Crippen molar-refractivity contribution in [1.29, 1.82) is 0 Å². The molecule has 0 aliphatic carbocycles. The summed E-state index contributed by atoms with van der Waals surface area (Å²) < 4.78 is 37.3. The predicted octanol–water partition coefficient (Wildman–Crippen LogP) is 0.114. The van der Waals surface area contributed by atoms with Gasteiger partial charge < -0.3 is 9.29 Å². The first kappa shape index (κ1) is 9.75. The molecular weight excluding hydrogens is 201 g/mol. The van der Waals surface area contributed by atoms with Crippen molar-refractivity contribution in [1.82, 2.24) is 0 Å². The summed E-state index contributed by atoms with van der Waals surface area (Å²) in [6.07, 6.45) is 0. The minimum Gasteiger partial charge on any atom is -0.504 e. The molecule has 72 valence electrons. The third kappa shape index (κ3) is 2.88. The summed E-state index contributed by atoms with van der Waals surface area (Å²) in [7, 11) is -4.24. The summed E-state index contributed by atoms with van der Waals surface area (Å²) in [5.74, 6) is -1.78. The molecule has 0 saturated carbocycles. The fourth-order valence-corrected chi connectivity index (χ4v) is 1.06. The minimum atomic E-state index is -4.24. The van der Waals surface area contributed by atoms with Gasteiger partial charge in [-0.3, -0.25) is 0 Å². The van der Waals surface area contributed by atoms with E-state index >= 15 is 0 Å². The van der Waals surface area contributed by atoms with Crippen LogP contribution < -0.4 is 9.32 Å². The summed E-state index contributed by atoms with van der Waals surface area (Å²) in [5, 5.41) is 13.5. The van der Waals surface area contributed by atoms with Crippen LogP contribution in [-0.4, -0.2) is 13.5 Å². The zero-order chi connectivity index (χ0) is 10.1. The Morgan fingerprint density at radius 1 is 1.46 bits per heavy atom. The van der Waals surface area contributed by atoms with Crippen LogP contribution in [0.3, 0.4) is 0 Å². The molecule has 5 nitrogen and oxygen atoms in total. The van der Waals surface area contributed by atoms with E-state index in [0.29, 0.717) is 6.07 Å². The fraction of sp³-hybridized carbons (Fsp3) is 0. The van der Waals surface area contributed by atoms with Gasteiger partial charge in [-0.15, -0.1) is 0 Å². The average Bonchev–Trinajstić information content (AvgIpc) is 1.94. The summed E-state index contributed by atoms with van der Waals surface area (Å²) in [6.45, 7) is 0. The lowest BCUT2D eigenvalue weighted by molar-refractivity contribution is 0.425. The maximum atomic E-state index is 12.5. The van der Waals surface area contributed by atoms with Gasteiger partial charge in [-0.1, -0.05) is 0 Å². The molecule has 0 saturated heterocycles. The molecule has 0 fully saturated rings. The zero-order valence-corrected chi connectivity index (χ0v) is 7.08. The standard InChI is InChI=1S/C6H6FNO4S/c7-4-1-2-5(9)6(3-4)12-13(8,10)11/h1-3,9H,(H2,8,10,11). The molecule has 0 amide bonds. The Labute approximate surface area is 73.8 Å². The topological polar surface area (TPSA) is 89.6 Å². The molecule has 0 atom stereocenters. The molecule has 0 bridgehead atoms. The number of phenols is 1. The van der Waals surface area contributed by atoms with Crippen LogP contribution in [-0.2, 0) is 10.3 Å². The molecule has 0 heterocycles. The van der Waals surface area contributed by atoms with E-state index in [0.717, 1.165) is 12.1 Å². The molecule has 13 heavy (non-hydrogen) atoms. The number of halogens is 1. The highest BCUT2D eigenvalue weighted by atomic mass is 32.2. The molecule has 3 N–H and O–H groups in total. The van der Waals surface area contributed by atoms with Gasteiger partial charge in [-0.2, -0.15) is 13.6 Å². The van der Waals surface area contributed by atoms with E-state index in [2.05, 4.69) is 9.32 Å². The van der Waals surface area contributed by atoms with Crippen LogP contribution in [0.5, 0.6) is 11.5 Å². The Balaban J connectivity index is 3.08. The van der Waals surface area contributed by atoms with Crippen molar-refractivity contribution in [2.45, 2.75) is 0 Å². The van der Waals surface area contributed by atoms with Gasteiger partial charge in [0.15, 0.2) is 11.5 Å². The SMILES string of the molecule is NS(=O)(=O)Oc1cc(F)ccc1O. The van der Waals surface area contributed by atoms with E-state index in [1.54, 1.807) is 0 Å². The first-order valence-corrected chi connectivity index (χ1v) is 4.56. The summed E-state index contributed by atoms with van der Waals surface area (Å²) >= 11 is 0. The van der Waals surface area contributed by atoms with E-state index < -0.39 is 27.6 Å². The van der Waals surface area contributed by atoms with Crippen LogP contribution >= 0.6 is 0 Å². The first-order valence-electron chi connectivity index (χ1n) is 3.09. The van der Waals surface area contributed by atoms with Crippen molar-refractivity contribution < 1.29 is 22.1 Å². The molecule has 7 heteroatoms. The van der Waals surface area contributed by atoms with Crippen LogP contribution in [0.4, 0.5) is 4.39 Å². The lowest BCUT2D eigenvalue weighted by Crippen LogP contribution is -2.19. The van der Waals surface area contributed by atoms with Gasteiger partial charge in [0.05, 0.1) is 0 Å². The third-order valence-electron chi connectivity index (χ3n) is 1.13. The van der Waals surface area contributed by atoms with Gasteiger partial charge >= 0.3 is 10.3 Å². The van der Waals surface area contributed by atoms with Crippen LogP contribution in [0, 0.1) is 5.82 Å². The quantitative estimate of drug-likeness (QED) is 0.720. The van der Waals surface area contributed by atoms with Gasteiger partial charge in [0.1, 0.15) is 5.82 Å². The zero-order valence-electron chi connectivity index (χ0n) is 6.27. The van der Waals surface area contributed by atoms with Gasteiger partial charge in [-0.05, 0) is 12.1 Å². The lowest BCUT2D eigenvalue weighted by Gasteiger charge is -2.03. The Morgan fingerprint density at radius 3 is 2.62 bits per heavy atom. The maximum absolute atomic E-state index is 12.5. The highest BCUT2D eigenvalue weighted by Crippen LogP contribution is 2.26. The molecule has 0 radical (unpaired) electrons. The molecule has 0 aliphatic rings. The van der Waals surface area contributed by atoms with Gasteiger partial charge in [0.25, 0.3) is 0 Å². The lowest BCUT2D eigenvalue weighted by atomic mass is 10.3. The molecule has 0 unspecified atom stereocenters. The number of aromatic hydroxyl groups is 1. The Bertz CT molecular complexity index is 417. The normalized spacial score (nSPS) is 11.2. The monoisotopic (exact) mass is 207 g/mol. The molecular formula is C6H6FNO4S. The molecule has 1 aromatic carbocycles. The van der Waals surface area contributed by atoms with E-state index in [4.69, 9.17) is 5.11 Å². The Hall–Kier alpha value is -1.34. The molecule has 0 spiro atoms. The van der Waals surface area contributed by atoms with Crippen LogP contribution in [0.2, 0.25) is 0 Å². The maximum Gasteiger partial charge on any atom is 0.380 e. The van der Waals surface area contributed by atoms with Gasteiger partial charge in [0, 0.05) is 6.07 Å². The second-order valence-corrected chi connectivity index (χ2v) is 3.34. The number of rotatable bonds is 2. The molecule has 1 aromatic rings. The van der Waals surface area contributed by atoms with E-state index in [-0.39, 0.29) is 0 Å². The first-order chi connectivity index (χ1) is 5.88. The van der Waals surface area contributed by atoms with Crippen LogP contribution in [0.15, 0.2) is 18.2 Å². The van der Waals surface area contributed by atoms with Crippen molar-refractivity contribution in [2.24, 2.45) is 5.14 Å². The van der Waals surface area contributed by atoms with Gasteiger partial charge in [0.2, 0.25) is 0 Å². The number of hydrogen-bond donors (Lipinski definition) is 2. The van der Waals surface area contributed by atoms with Crippen molar-refractivity contribution in [3.63, 3.8) is 0 Å². The van der Waals surface area contributed by atoms with E-state index in [9.17, 15) is 12.8 Å². The Morgan fingerprint density at radius 2 is 2.08 bits per heavy atom. The summed E-state index contributed by atoms with van der Waals surface area (Å²) in [6, 6.07) is 2.61. The van der Waals surface area contributed by atoms with Crippen LogP contribution in [0.25, 0.3) is 0 Å². The number of nitrogens with two attached hydrogens (primary N) is 1. The average molecular weight is 207 g/mol. The van der Waals surface area contributed by atoms with Crippen molar-refractivity contribution >= 4 is 10.3 Å². The number of phenolic OH excluding ortho intramolecular Hbond substituents is 1. The fourth-order valence-electron chi connectivity index (χ4n) is 0.680. The highest BCUT2D eigenvalue weighted by Gasteiger charge is 2.10. The number of benzene rings is 1. The smallest absolute Gasteiger partial charge is 0.380 e. The molecule has 1 rings (SSSR count). The Kier molecular flexibility index (Phi) is 2.39. The second kappa shape index (κ2) is 3.19. The second-order valence-electron chi connectivity index (χ2n) is 2.19. The largest absolute Gasteiger partial charge is 0.504 e. The van der Waals surface area contributed by atoms with E-state index in [1.165, 1.54) is 0 Å². The van der Waals surface area contributed by atoms with Crippen molar-refractivity contribution in [3.05, 3.63) is 24.0 Å². The van der Waals surface area contributed by atoms with Crippen molar-refractivity contribution in [3.8, 4) is 11.5 Å². The summed E-state index contributed by atoms with van der Waals surface area (Å²) in [4.78, 5) is 0. The minimum absolute atomic E-state index is 0.504. The highest BCUT2D eigenvalue weighted by molar-refractivity contribution is 7.84. The summed E-state index contributed by atoms with van der Waals surface area (Å²) in [5.41, 5.74) is 0. The van der Waals surface area contributed by atoms with Crippen molar-refractivity contribution in [2.75, 3.05) is 0 Å². The predicted molar refractivity (Wildman–Crippen MR) is 41.8 cm³/mol. The van der Waals surface area contributed by atoms with Crippen LogP contribution in [0.1, 0.15) is 0 Å². The molecule has 0 aromatic heterocycles. The number of hydrogen-bond acceptors (Lipinski definition) is 4. The van der Waals surface area contributed by atoms with Gasteiger partial charge in [-0.25, -0.2) is 4.39 Å².